The normalized spacial score (nSPS) is 14.0. The van der Waals surface area contributed by atoms with Crippen LogP contribution < -0.4 is 14.5 Å². The van der Waals surface area contributed by atoms with E-state index in [9.17, 15) is 0 Å². The first-order valence-electron chi connectivity index (χ1n) is 27.7. The molecule has 0 fully saturated rings. The quantitative estimate of drug-likeness (QED) is 0.135. The van der Waals surface area contributed by atoms with Gasteiger partial charge < -0.3 is 19.1 Å². The van der Waals surface area contributed by atoms with Crippen LogP contribution in [0.3, 0.4) is 0 Å². The summed E-state index contributed by atoms with van der Waals surface area (Å²) in [5.74, 6) is 1.94. The Morgan fingerprint density at radius 1 is 0.526 bits per heavy atom. The second-order valence-corrected chi connectivity index (χ2v) is 21.0. The Kier molecular flexibility index (Phi) is 11.3. The van der Waals surface area contributed by atoms with E-state index < -0.39 is 12.3 Å². The number of hydrogen-bond acceptors (Lipinski definition) is 4. The van der Waals surface area contributed by atoms with E-state index in [0.29, 0.717) is 17.1 Å². The Morgan fingerprint density at radius 3 is 1.79 bits per heavy atom. The fraction of sp³-hybridized carbons (Fsp3) is 0.0833. The minimum atomic E-state index is -2.25. The van der Waals surface area contributed by atoms with E-state index in [1.807, 2.05) is 36.5 Å². The van der Waals surface area contributed by atoms with Gasteiger partial charge in [-0.1, -0.05) is 196 Å². The average molecular weight is 1190 g/mol. The second kappa shape index (κ2) is 19.4. The Hall–Kier alpha value is -8.76. The molecule has 1 aliphatic carbocycles. The van der Waals surface area contributed by atoms with Gasteiger partial charge in [-0.3, -0.25) is 0 Å². The van der Waals surface area contributed by atoms with Crippen LogP contribution in [0.5, 0.6) is 11.5 Å². The van der Waals surface area contributed by atoms with Crippen LogP contribution in [0.4, 0.5) is 22.7 Å². The Balaban J connectivity index is 0.00000618. The summed E-state index contributed by atoms with van der Waals surface area (Å²) in [5, 5.41) is 2.18. The molecule has 2 aliphatic rings. The molecule has 2 aromatic heterocycles. The molecule has 0 saturated heterocycles. The van der Waals surface area contributed by atoms with Crippen molar-refractivity contribution < 1.29 is 29.9 Å². The zero-order valence-electron chi connectivity index (χ0n) is 46.2. The van der Waals surface area contributed by atoms with Crippen molar-refractivity contribution in [2.75, 3.05) is 9.80 Å². The number of ether oxygens (including phenoxy) is 1. The topological polar surface area (TPSA) is 33.5 Å². The van der Waals surface area contributed by atoms with E-state index in [4.69, 9.17) is 13.8 Å². The van der Waals surface area contributed by atoms with Crippen molar-refractivity contribution in [3.8, 4) is 50.7 Å². The monoisotopic (exact) mass is 1190 g/mol. The second-order valence-electron chi connectivity index (χ2n) is 21.0. The number of aromatic nitrogens is 2. The maximum absolute atomic E-state index is 8.33. The van der Waals surface area contributed by atoms with Gasteiger partial charge in [0.05, 0.1) is 5.41 Å². The molecule has 1 aliphatic heterocycles. The average Bonchev–Trinajstić information content (AvgIpc) is 4.21. The van der Waals surface area contributed by atoms with Crippen LogP contribution in [0, 0.1) is 25.7 Å². The number of nitrogens with zero attached hydrogens (tertiary/aromatic N) is 4. The minimum Gasteiger partial charge on any atom is -0.509 e. The molecule has 0 N–H and O–H groups in total. The summed E-state index contributed by atoms with van der Waals surface area (Å²) in [6.45, 7) is 6.58. The number of anilines is 4. The number of para-hydroxylation sites is 3. The van der Waals surface area contributed by atoms with Gasteiger partial charge in [-0.15, -0.1) is 48.1 Å². The number of pyridine rings is 1. The zero-order valence-corrected chi connectivity index (χ0v) is 45.5. The minimum absolute atomic E-state index is 0. The molecule has 0 amide bonds. The molecule has 10 aromatic carbocycles. The molecule has 0 unspecified atom stereocenters. The molecule has 0 atom stereocenters. The van der Waals surface area contributed by atoms with Gasteiger partial charge in [-0.05, 0) is 110 Å². The van der Waals surface area contributed by atoms with Gasteiger partial charge in [0.25, 0.3) is 0 Å². The third-order valence-electron chi connectivity index (χ3n) is 15.5. The molecule has 5 nitrogen and oxygen atoms in total. The molecular weight excluding hydrogens is 1130 g/mol. The van der Waals surface area contributed by atoms with Crippen molar-refractivity contribution in [1.29, 1.82) is 0 Å². The zero-order chi connectivity index (χ0) is 54.3. The number of fused-ring (bicyclic) bond motifs is 7. The molecule has 0 saturated carbocycles. The number of benzene rings is 10. The first kappa shape index (κ1) is 45.4. The predicted molar refractivity (Wildman–Crippen MR) is 316 cm³/mol. The van der Waals surface area contributed by atoms with Gasteiger partial charge in [-0.25, -0.2) is 4.98 Å². The van der Waals surface area contributed by atoms with E-state index in [-0.39, 0.29) is 26.5 Å². The summed E-state index contributed by atoms with van der Waals surface area (Å²) in [7, 11) is 0. The van der Waals surface area contributed by atoms with Crippen molar-refractivity contribution >= 4 is 44.6 Å². The van der Waals surface area contributed by atoms with Gasteiger partial charge >= 0.3 is 0 Å². The Labute approximate surface area is 475 Å². The number of hydrogen-bond donors (Lipinski definition) is 0. The molecule has 14 rings (SSSR count). The smallest absolute Gasteiger partial charge is 0.135 e. The van der Waals surface area contributed by atoms with Crippen LogP contribution in [0.2, 0.25) is 0 Å². The molecule has 0 radical (unpaired) electrons. The van der Waals surface area contributed by atoms with E-state index >= 15 is 0 Å². The maximum Gasteiger partial charge on any atom is 0.135 e. The molecule has 12 aromatic rings. The van der Waals surface area contributed by atoms with Crippen molar-refractivity contribution in [1.82, 2.24) is 9.55 Å². The van der Waals surface area contributed by atoms with Gasteiger partial charge in [0.15, 0.2) is 0 Å². The fourth-order valence-corrected chi connectivity index (χ4v) is 11.9. The van der Waals surface area contributed by atoms with Crippen LogP contribution in [0.1, 0.15) is 58.3 Å². The molecule has 78 heavy (non-hydrogen) atoms. The summed E-state index contributed by atoms with van der Waals surface area (Å²) in [4.78, 5) is 9.40. The molecule has 380 valence electrons. The number of aryl methyl sites for hydroxylation is 1. The summed E-state index contributed by atoms with van der Waals surface area (Å²) in [6, 6.07) is 89.6. The molecule has 0 bridgehead atoms. The van der Waals surface area contributed by atoms with E-state index in [1.165, 1.54) is 5.56 Å². The maximum atomic E-state index is 8.33. The summed E-state index contributed by atoms with van der Waals surface area (Å²) in [5.41, 5.74) is 17.1. The van der Waals surface area contributed by atoms with E-state index in [0.717, 1.165) is 106 Å². The summed E-state index contributed by atoms with van der Waals surface area (Å²) in [6.07, 6.45) is 1.89. The first-order chi connectivity index (χ1) is 38.9. The number of rotatable bonds is 9. The Morgan fingerprint density at radius 2 is 1.13 bits per heavy atom. The molecule has 3 heterocycles. The van der Waals surface area contributed by atoms with Crippen LogP contribution in [-0.2, 0) is 31.9 Å². The third kappa shape index (κ3) is 7.98. The van der Waals surface area contributed by atoms with Crippen molar-refractivity contribution in [2.45, 2.75) is 38.5 Å². The fourth-order valence-electron chi connectivity index (χ4n) is 11.9. The van der Waals surface area contributed by atoms with Crippen molar-refractivity contribution in [3.63, 3.8) is 0 Å². The molecular formula is C72H53N4OPt-3. The Bertz CT molecular complexity index is 4250. The van der Waals surface area contributed by atoms with Gasteiger partial charge in [-0.2, -0.15) is 12.1 Å². The van der Waals surface area contributed by atoms with Crippen molar-refractivity contribution in [2.24, 2.45) is 0 Å². The third-order valence-corrected chi connectivity index (χ3v) is 15.5. The van der Waals surface area contributed by atoms with Crippen molar-refractivity contribution in [3.05, 3.63) is 295 Å². The van der Waals surface area contributed by atoms with Crippen LogP contribution in [0.15, 0.2) is 243 Å². The molecule has 6 heteroatoms. The van der Waals surface area contributed by atoms with Gasteiger partial charge in [0.1, 0.15) is 5.82 Å². The summed E-state index contributed by atoms with van der Waals surface area (Å²) >= 11 is 0. The summed E-state index contributed by atoms with van der Waals surface area (Å²) < 4.78 is 33.9. The van der Waals surface area contributed by atoms with Crippen LogP contribution >= 0.6 is 0 Å². The largest absolute Gasteiger partial charge is 0.509 e. The van der Waals surface area contributed by atoms with Gasteiger partial charge in [0.2, 0.25) is 0 Å². The van der Waals surface area contributed by atoms with Crippen LogP contribution in [-0.4, -0.2) is 9.55 Å². The van der Waals surface area contributed by atoms with Gasteiger partial charge in [0, 0.05) is 76.6 Å². The predicted octanol–water partition coefficient (Wildman–Crippen LogP) is 18.3. The van der Waals surface area contributed by atoms with E-state index in [2.05, 4.69) is 248 Å². The standard InChI is InChI=1S/C72H53N4O.Pt/c1-48-34-36-51(37-35-48)72(63-29-14-11-26-57(63)58-27-12-15-30-64(58)72)53-42-61(49-20-7-5-8-21-49)70(62(43-53)50-22-9-6-10-23-50)75-47-74(66-32-17-18-33-67(66)75)54-24-19-25-55(45-54)77-56-38-39-60-59-28-13-16-31-65(59)76(68(60)46-56)69-44-52(40-41-73-69)71(2,3)4;/h5-44,47H,1-4H3;/q-3;/i1D3;. The SMILES string of the molecule is [2H]C([2H])([2H])c1ccc(C2(c3cc(-c4ccccc4)c(N4[CH-]N(c5[c-]c(Oc6[c-]c7c(cc6)c6ccccc6n7-c6cc(C(C)(C)C)ccn6)ccc5)c5ccccc54)c(-c4ccccc4)c3)c3ccccc3-c3ccccc32)cc1.[Pt]. The van der Waals surface area contributed by atoms with Crippen LogP contribution in [0.25, 0.3) is 61.0 Å². The van der Waals surface area contributed by atoms with E-state index in [1.54, 1.807) is 12.1 Å². The first-order valence-corrected chi connectivity index (χ1v) is 26.2. The molecule has 0 spiro atoms.